The molecule has 0 aliphatic carbocycles. The molecule has 1 aromatic carbocycles. The molecule has 1 rings (SSSR count). The fourth-order valence-corrected chi connectivity index (χ4v) is 1.35. The van der Waals surface area contributed by atoms with Crippen LogP contribution < -0.4 is 10.8 Å². The summed E-state index contributed by atoms with van der Waals surface area (Å²) in [5.74, 6) is -1.43. The summed E-state index contributed by atoms with van der Waals surface area (Å²) in [6, 6.07) is 2.59. The number of rotatable bonds is 3. The Balaban J connectivity index is 3.28. The summed E-state index contributed by atoms with van der Waals surface area (Å²) >= 11 is 0. The van der Waals surface area contributed by atoms with Crippen LogP contribution in [0, 0.1) is 0 Å². The minimum Gasteiger partial charge on any atom is -0.465 e. The molecule has 1 amide bonds. The van der Waals surface area contributed by atoms with E-state index in [1.807, 2.05) is 0 Å². The molecule has 0 aliphatic rings. The summed E-state index contributed by atoms with van der Waals surface area (Å²) in [7, 11) is 1.06. The largest absolute Gasteiger partial charge is 0.509 e. The van der Waals surface area contributed by atoms with Gasteiger partial charge in [0.05, 0.1) is 12.7 Å². The number of methoxy groups -OCH3 is 1. The lowest BCUT2D eigenvalue weighted by Gasteiger charge is -2.17. The van der Waals surface area contributed by atoms with Gasteiger partial charge in [-0.15, -0.1) is 5.46 Å². The van der Waals surface area contributed by atoms with Crippen molar-refractivity contribution in [3.05, 3.63) is 23.8 Å². The second kappa shape index (κ2) is 5.11. The van der Waals surface area contributed by atoms with Crippen LogP contribution in [-0.2, 0) is 9.53 Å². The van der Waals surface area contributed by atoms with Crippen LogP contribution in [0.3, 0.4) is 0 Å². The molecule has 8 heteroatoms. The molecule has 0 saturated heterocycles. The van der Waals surface area contributed by atoms with Gasteiger partial charge in [0.1, 0.15) is 0 Å². The van der Waals surface area contributed by atoms with Gasteiger partial charge in [0.2, 0.25) is 5.91 Å². The molecule has 0 saturated carbocycles. The molecule has 0 aliphatic heterocycles. The number of carbonyl (C=O) groups excluding carboxylic acids is 2. The van der Waals surface area contributed by atoms with Crippen LogP contribution >= 0.6 is 0 Å². The Morgan fingerprint density at radius 1 is 1.22 bits per heavy atom. The average molecular weight is 260 g/mol. The predicted molar refractivity (Wildman–Crippen MR) is 60.8 cm³/mol. The minimum absolute atomic E-state index is 0.0976. The summed E-state index contributed by atoms with van der Waals surface area (Å²) in [5, 5.41) is 2.20. The van der Waals surface area contributed by atoms with Gasteiger partial charge in [-0.2, -0.15) is 0 Å². The van der Waals surface area contributed by atoms with Gasteiger partial charge in [0, 0.05) is 12.6 Å². The lowest BCUT2D eigenvalue weighted by atomic mass is 9.79. The van der Waals surface area contributed by atoms with E-state index in [4.69, 9.17) is 0 Å². The predicted octanol–water partition coefficient (Wildman–Crippen LogP) is 1.49. The third-order valence-corrected chi connectivity index (χ3v) is 2.07. The molecule has 0 bridgehead atoms. The second-order valence-electron chi connectivity index (χ2n) is 3.59. The summed E-state index contributed by atoms with van der Waals surface area (Å²) < 4.78 is 42.3. The molecule has 0 fully saturated rings. The van der Waals surface area contributed by atoms with Crippen LogP contribution in [0.4, 0.5) is 18.6 Å². The molecule has 0 spiro atoms. The first-order chi connectivity index (χ1) is 8.24. The van der Waals surface area contributed by atoms with E-state index < -0.39 is 24.3 Å². The van der Waals surface area contributed by atoms with Crippen LogP contribution in [0.1, 0.15) is 17.3 Å². The van der Waals surface area contributed by atoms with Crippen molar-refractivity contribution in [2.75, 3.05) is 12.4 Å². The third kappa shape index (κ3) is 3.51. The van der Waals surface area contributed by atoms with E-state index in [1.165, 1.54) is 0 Å². The van der Waals surface area contributed by atoms with Gasteiger partial charge in [-0.1, -0.05) is 12.1 Å². The monoisotopic (exact) mass is 260 g/mol. The van der Waals surface area contributed by atoms with Crippen LogP contribution in [0.5, 0.6) is 0 Å². The fraction of sp³-hybridized carbons (Fsp3) is 0.200. The third-order valence-electron chi connectivity index (χ3n) is 2.07. The Morgan fingerprint density at radius 2 is 1.83 bits per heavy atom. The normalized spacial score (nSPS) is 10.9. The zero-order valence-corrected chi connectivity index (χ0v) is 9.67. The molecule has 98 valence electrons. The quantitative estimate of drug-likeness (QED) is 0.661. The molecular formula is C10H10BF3NO3-. The second-order valence-corrected chi connectivity index (χ2v) is 3.59. The van der Waals surface area contributed by atoms with Crippen LogP contribution in [-0.4, -0.2) is 26.0 Å². The molecule has 0 unspecified atom stereocenters. The lowest BCUT2D eigenvalue weighted by Crippen LogP contribution is -2.35. The standard InChI is InChI=1S/C10H10BF3NO3/c1-6(16)15-9-4-7(10(17)18-2)3-8(5-9)11(12,13)14/h3-5H,1-2H3,(H,15,16)/q-1. The first-order valence-corrected chi connectivity index (χ1v) is 4.95. The highest BCUT2D eigenvalue weighted by molar-refractivity contribution is 6.73. The maximum absolute atomic E-state index is 12.7. The van der Waals surface area contributed by atoms with Crippen molar-refractivity contribution >= 4 is 30.0 Å². The smallest absolute Gasteiger partial charge is 0.465 e. The number of hydrogen-bond donors (Lipinski definition) is 1. The van der Waals surface area contributed by atoms with Gasteiger partial charge in [-0.25, -0.2) is 4.79 Å². The highest BCUT2D eigenvalue weighted by Gasteiger charge is 2.27. The fourth-order valence-electron chi connectivity index (χ4n) is 1.35. The van der Waals surface area contributed by atoms with Crippen molar-refractivity contribution in [1.82, 2.24) is 0 Å². The highest BCUT2D eigenvalue weighted by atomic mass is 19.4. The zero-order chi connectivity index (χ0) is 13.9. The van der Waals surface area contributed by atoms with Gasteiger partial charge in [0.25, 0.3) is 0 Å². The van der Waals surface area contributed by atoms with Gasteiger partial charge < -0.3 is 23.0 Å². The van der Waals surface area contributed by atoms with Crippen LogP contribution in [0.15, 0.2) is 18.2 Å². The minimum atomic E-state index is -5.27. The van der Waals surface area contributed by atoms with Crippen molar-refractivity contribution in [1.29, 1.82) is 0 Å². The van der Waals surface area contributed by atoms with E-state index in [9.17, 15) is 22.5 Å². The molecule has 1 N–H and O–H groups in total. The molecule has 0 radical (unpaired) electrons. The Labute approximate surface area is 101 Å². The molecule has 1 aromatic rings. The summed E-state index contributed by atoms with van der Waals surface area (Å²) in [5.41, 5.74) is -1.33. The van der Waals surface area contributed by atoms with Gasteiger partial charge in [-0.05, 0) is 6.07 Å². The Morgan fingerprint density at radius 3 is 2.28 bits per heavy atom. The lowest BCUT2D eigenvalue weighted by molar-refractivity contribution is -0.114. The van der Waals surface area contributed by atoms with E-state index in [2.05, 4.69) is 10.1 Å². The van der Waals surface area contributed by atoms with Gasteiger partial charge >= 0.3 is 12.9 Å². The van der Waals surface area contributed by atoms with E-state index in [0.29, 0.717) is 6.07 Å². The number of nitrogens with one attached hydrogen (secondary N) is 1. The van der Waals surface area contributed by atoms with Gasteiger partial charge in [0.15, 0.2) is 0 Å². The number of ether oxygens (including phenoxy) is 1. The topological polar surface area (TPSA) is 55.4 Å². The first-order valence-electron chi connectivity index (χ1n) is 4.95. The molecule has 0 aromatic heterocycles. The van der Waals surface area contributed by atoms with E-state index in [1.54, 1.807) is 0 Å². The Kier molecular flexibility index (Phi) is 4.00. The number of anilines is 1. The van der Waals surface area contributed by atoms with Crippen molar-refractivity contribution in [2.24, 2.45) is 0 Å². The SMILES string of the molecule is COC(=O)c1cc(NC(C)=O)cc([B-](F)(F)F)c1. The van der Waals surface area contributed by atoms with Crippen LogP contribution in [0.25, 0.3) is 0 Å². The Bertz CT molecular complexity index is 488. The summed E-state index contributed by atoms with van der Waals surface area (Å²) in [6.07, 6.45) is 0. The number of halogens is 3. The van der Waals surface area contributed by atoms with E-state index in [0.717, 1.165) is 26.2 Å². The first kappa shape index (κ1) is 14.1. The molecule has 4 nitrogen and oxygen atoms in total. The summed E-state index contributed by atoms with van der Waals surface area (Å²) in [6.45, 7) is -4.11. The van der Waals surface area contributed by atoms with E-state index in [-0.39, 0.29) is 11.3 Å². The number of hydrogen-bond acceptors (Lipinski definition) is 3. The van der Waals surface area contributed by atoms with Crippen molar-refractivity contribution in [3.63, 3.8) is 0 Å². The van der Waals surface area contributed by atoms with Crippen molar-refractivity contribution in [2.45, 2.75) is 6.92 Å². The number of amides is 1. The Hall–Kier alpha value is -1.99. The van der Waals surface area contributed by atoms with E-state index >= 15 is 0 Å². The number of carbonyl (C=O) groups is 2. The molecular weight excluding hydrogens is 250 g/mol. The molecule has 0 heterocycles. The van der Waals surface area contributed by atoms with Crippen molar-refractivity contribution < 1.29 is 27.3 Å². The summed E-state index contributed by atoms with van der Waals surface area (Å²) in [4.78, 5) is 22.1. The molecule has 0 atom stereocenters. The maximum atomic E-state index is 12.7. The van der Waals surface area contributed by atoms with Gasteiger partial charge in [-0.3, -0.25) is 4.79 Å². The zero-order valence-electron chi connectivity index (χ0n) is 9.67. The maximum Gasteiger partial charge on any atom is 0.509 e. The average Bonchev–Trinajstić information content (AvgIpc) is 2.25. The highest BCUT2D eigenvalue weighted by Crippen LogP contribution is 2.16. The number of benzene rings is 1. The molecule has 18 heavy (non-hydrogen) atoms. The van der Waals surface area contributed by atoms with Crippen molar-refractivity contribution in [3.8, 4) is 0 Å². The number of esters is 1. The van der Waals surface area contributed by atoms with Crippen LogP contribution in [0.2, 0.25) is 0 Å².